The molecular formula is C14H11FN4O2S. The van der Waals surface area contributed by atoms with E-state index in [9.17, 15) is 14.0 Å². The van der Waals surface area contributed by atoms with E-state index in [0.29, 0.717) is 5.75 Å². The molecule has 2 aromatic rings. The highest BCUT2D eigenvalue weighted by atomic mass is 32.2. The number of halogens is 1. The van der Waals surface area contributed by atoms with Crippen molar-refractivity contribution in [2.75, 3.05) is 16.8 Å². The summed E-state index contributed by atoms with van der Waals surface area (Å²) in [6, 6.07) is 4.86. The maximum absolute atomic E-state index is 12.8. The van der Waals surface area contributed by atoms with Crippen LogP contribution in [0.15, 0.2) is 34.2 Å². The first-order chi connectivity index (χ1) is 10.5. The number of nitrogen functional groups attached to an aromatic ring is 1. The second-order valence-electron chi connectivity index (χ2n) is 4.09. The fourth-order valence-corrected chi connectivity index (χ4v) is 2.10. The fourth-order valence-electron chi connectivity index (χ4n) is 1.56. The van der Waals surface area contributed by atoms with Crippen LogP contribution in [0, 0.1) is 18.2 Å². The number of H-pyrrole nitrogens is 1. The maximum Gasteiger partial charge on any atom is 0.277 e. The van der Waals surface area contributed by atoms with Crippen molar-refractivity contribution in [2.24, 2.45) is 0 Å². The Hall–Kier alpha value is -2.79. The van der Waals surface area contributed by atoms with Gasteiger partial charge in [-0.05, 0) is 24.3 Å². The van der Waals surface area contributed by atoms with Crippen molar-refractivity contribution < 1.29 is 9.18 Å². The van der Waals surface area contributed by atoms with Crippen molar-refractivity contribution in [3.8, 4) is 12.3 Å². The number of nitrogens with one attached hydrogen (secondary N) is 2. The number of benzene rings is 1. The highest BCUT2D eigenvalue weighted by Gasteiger charge is 2.14. The van der Waals surface area contributed by atoms with Crippen molar-refractivity contribution in [1.82, 2.24) is 9.97 Å². The minimum Gasteiger partial charge on any atom is -0.382 e. The third kappa shape index (κ3) is 3.65. The summed E-state index contributed by atoms with van der Waals surface area (Å²) in [5.41, 5.74) is 5.10. The third-order valence-electron chi connectivity index (χ3n) is 2.56. The van der Waals surface area contributed by atoms with Crippen molar-refractivity contribution >= 4 is 29.2 Å². The molecule has 8 heteroatoms. The number of carbonyl (C=O) groups excluding carboxylic acids is 1. The number of hydrogen-bond acceptors (Lipinski definition) is 5. The summed E-state index contributed by atoms with van der Waals surface area (Å²) in [6.07, 6.45) is 5.12. The van der Waals surface area contributed by atoms with Crippen LogP contribution >= 0.6 is 11.8 Å². The molecule has 6 nitrogen and oxygen atoms in total. The quantitative estimate of drug-likeness (QED) is 0.450. The number of carbonyl (C=O) groups is 1. The van der Waals surface area contributed by atoms with E-state index in [1.807, 2.05) is 0 Å². The van der Waals surface area contributed by atoms with E-state index in [0.717, 1.165) is 23.9 Å². The Morgan fingerprint density at radius 1 is 1.45 bits per heavy atom. The van der Waals surface area contributed by atoms with Crippen LogP contribution in [0.5, 0.6) is 0 Å². The average molecular weight is 318 g/mol. The van der Waals surface area contributed by atoms with Crippen LogP contribution in [0.1, 0.15) is 10.4 Å². The second kappa shape index (κ2) is 6.78. The van der Waals surface area contributed by atoms with Crippen LogP contribution < -0.4 is 16.6 Å². The topological polar surface area (TPSA) is 101 Å². The van der Waals surface area contributed by atoms with Gasteiger partial charge in [-0.1, -0.05) is 17.7 Å². The molecule has 0 saturated carbocycles. The van der Waals surface area contributed by atoms with Gasteiger partial charge in [0, 0.05) is 5.56 Å². The molecule has 0 spiro atoms. The molecule has 1 amide bonds. The number of aromatic amines is 1. The predicted molar refractivity (Wildman–Crippen MR) is 83.2 cm³/mol. The lowest BCUT2D eigenvalue weighted by Gasteiger charge is -2.08. The van der Waals surface area contributed by atoms with Crippen LogP contribution in [0.3, 0.4) is 0 Å². The number of rotatable bonds is 4. The normalized spacial score (nSPS) is 10.0. The Balaban J connectivity index is 2.23. The van der Waals surface area contributed by atoms with Gasteiger partial charge in [0.1, 0.15) is 11.5 Å². The maximum atomic E-state index is 12.8. The molecule has 0 radical (unpaired) electrons. The van der Waals surface area contributed by atoms with E-state index in [-0.39, 0.29) is 22.2 Å². The summed E-state index contributed by atoms with van der Waals surface area (Å²) in [6.45, 7) is 0. The Bertz CT molecular complexity index is 796. The molecule has 1 aromatic carbocycles. The number of aromatic nitrogens is 2. The molecule has 2 rings (SSSR count). The summed E-state index contributed by atoms with van der Waals surface area (Å²) < 4.78 is 12.8. The van der Waals surface area contributed by atoms with Crippen LogP contribution in [0.25, 0.3) is 0 Å². The molecule has 0 aliphatic rings. The molecule has 0 fully saturated rings. The van der Waals surface area contributed by atoms with E-state index in [2.05, 4.69) is 21.2 Å². The Kier molecular flexibility index (Phi) is 4.80. The zero-order valence-electron chi connectivity index (χ0n) is 11.2. The summed E-state index contributed by atoms with van der Waals surface area (Å²) in [4.78, 5) is 30.3. The van der Waals surface area contributed by atoms with Crippen molar-refractivity contribution in [3.05, 3.63) is 46.0 Å². The largest absolute Gasteiger partial charge is 0.382 e. The second-order valence-corrected chi connectivity index (χ2v) is 5.05. The van der Waals surface area contributed by atoms with Gasteiger partial charge in [-0.3, -0.25) is 14.6 Å². The molecule has 22 heavy (non-hydrogen) atoms. The van der Waals surface area contributed by atoms with Gasteiger partial charge in [-0.2, -0.15) is 0 Å². The Morgan fingerprint density at radius 2 is 2.14 bits per heavy atom. The highest BCUT2D eigenvalue weighted by Crippen LogP contribution is 2.16. The number of anilines is 2. The van der Waals surface area contributed by atoms with Crippen molar-refractivity contribution in [1.29, 1.82) is 0 Å². The first-order valence-electron chi connectivity index (χ1n) is 6.04. The minimum atomic E-state index is -0.595. The van der Waals surface area contributed by atoms with Gasteiger partial charge in [0.25, 0.3) is 11.5 Å². The van der Waals surface area contributed by atoms with Gasteiger partial charge in [0.2, 0.25) is 0 Å². The fraction of sp³-hybridized carbons (Fsp3) is 0.0714. The summed E-state index contributed by atoms with van der Waals surface area (Å²) in [5.74, 6) is 1.52. The van der Waals surface area contributed by atoms with Gasteiger partial charge in [0.15, 0.2) is 11.0 Å². The summed E-state index contributed by atoms with van der Waals surface area (Å²) >= 11 is 1.14. The number of nitrogens with two attached hydrogens (primary N) is 1. The van der Waals surface area contributed by atoms with E-state index in [4.69, 9.17) is 12.2 Å². The number of nitrogens with zero attached hydrogens (tertiary/aromatic N) is 1. The molecule has 112 valence electrons. The number of terminal acetylenes is 1. The molecule has 4 N–H and O–H groups in total. The SMILES string of the molecule is C#CCSc1nc(N)c(NC(=O)c2ccc(F)cc2)c(=O)[nH]1. The van der Waals surface area contributed by atoms with E-state index < -0.39 is 17.3 Å². The first-order valence-corrected chi connectivity index (χ1v) is 7.03. The molecule has 0 bridgehead atoms. The zero-order chi connectivity index (χ0) is 16.1. The molecule has 0 unspecified atom stereocenters. The molecule has 0 aliphatic carbocycles. The van der Waals surface area contributed by atoms with Gasteiger partial charge >= 0.3 is 0 Å². The van der Waals surface area contributed by atoms with E-state index in [1.165, 1.54) is 12.1 Å². The molecular weight excluding hydrogens is 307 g/mol. The Morgan fingerprint density at radius 3 is 2.73 bits per heavy atom. The first kappa shape index (κ1) is 15.6. The zero-order valence-corrected chi connectivity index (χ0v) is 12.0. The summed E-state index contributed by atoms with van der Waals surface area (Å²) in [7, 11) is 0. The van der Waals surface area contributed by atoms with Crippen LogP contribution in [-0.2, 0) is 0 Å². The third-order valence-corrected chi connectivity index (χ3v) is 3.34. The van der Waals surface area contributed by atoms with E-state index in [1.54, 1.807) is 0 Å². The van der Waals surface area contributed by atoms with Crippen molar-refractivity contribution in [2.45, 2.75) is 5.16 Å². The minimum absolute atomic E-state index is 0.126. The van der Waals surface area contributed by atoms with Gasteiger partial charge in [0.05, 0.1) is 5.75 Å². The molecule has 1 heterocycles. The van der Waals surface area contributed by atoms with E-state index >= 15 is 0 Å². The van der Waals surface area contributed by atoms with Crippen LogP contribution in [0.4, 0.5) is 15.9 Å². The smallest absolute Gasteiger partial charge is 0.277 e. The predicted octanol–water partition coefficient (Wildman–Crippen LogP) is 1.47. The molecule has 0 saturated heterocycles. The van der Waals surface area contributed by atoms with Crippen LogP contribution in [-0.4, -0.2) is 21.6 Å². The number of amides is 1. The standard InChI is InChI=1S/C14H11FN4O2S/c1-2-7-22-14-18-11(16)10(13(21)19-14)17-12(20)8-3-5-9(15)6-4-8/h1,3-6H,7H2,(H,17,20)(H3,16,18,19,21). The van der Waals surface area contributed by atoms with Gasteiger partial charge in [-0.15, -0.1) is 6.42 Å². The monoisotopic (exact) mass is 318 g/mol. The van der Waals surface area contributed by atoms with Gasteiger partial charge in [-0.25, -0.2) is 9.37 Å². The Labute approximate surface area is 129 Å². The number of hydrogen-bond donors (Lipinski definition) is 3. The molecule has 0 atom stereocenters. The van der Waals surface area contributed by atoms with Gasteiger partial charge < -0.3 is 11.1 Å². The average Bonchev–Trinajstić information content (AvgIpc) is 2.49. The van der Waals surface area contributed by atoms with Crippen molar-refractivity contribution in [3.63, 3.8) is 0 Å². The molecule has 0 aliphatic heterocycles. The lowest BCUT2D eigenvalue weighted by atomic mass is 10.2. The number of thioether (sulfide) groups is 1. The summed E-state index contributed by atoms with van der Waals surface area (Å²) in [5, 5.41) is 2.62. The lowest BCUT2D eigenvalue weighted by molar-refractivity contribution is 0.102. The van der Waals surface area contributed by atoms with Crippen LogP contribution in [0.2, 0.25) is 0 Å². The highest BCUT2D eigenvalue weighted by molar-refractivity contribution is 7.99. The lowest BCUT2D eigenvalue weighted by Crippen LogP contribution is -2.23. The molecule has 1 aromatic heterocycles.